The number of benzene rings is 2. The van der Waals surface area contributed by atoms with Gasteiger partial charge in [-0.2, -0.15) is 5.10 Å². The topological polar surface area (TPSA) is 87.8 Å². The number of amides is 2. The van der Waals surface area contributed by atoms with Crippen LogP contribution in [0.15, 0.2) is 52.0 Å². The van der Waals surface area contributed by atoms with Crippen molar-refractivity contribution in [2.75, 3.05) is 5.32 Å². The van der Waals surface area contributed by atoms with Crippen molar-refractivity contribution < 1.29 is 18.4 Å². The first-order valence-corrected chi connectivity index (χ1v) is 9.73. The van der Waals surface area contributed by atoms with Gasteiger partial charge in [0.15, 0.2) is 11.5 Å². The van der Waals surface area contributed by atoms with E-state index >= 15 is 0 Å². The molecule has 1 aliphatic heterocycles. The minimum absolute atomic E-state index is 0.164. The van der Waals surface area contributed by atoms with Gasteiger partial charge in [0.2, 0.25) is 5.91 Å². The maximum absolute atomic E-state index is 13.1. The van der Waals surface area contributed by atoms with Crippen LogP contribution in [0.25, 0.3) is 11.1 Å². The number of nitrogens with zero attached hydrogens (tertiary/aromatic N) is 3. The lowest BCUT2D eigenvalue weighted by Crippen LogP contribution is -2.36. The fourth-order valence-electron chi connectivity index (χ4n) is 3.12. The van der Waals surface area contributed by atoms with E-state index in [1.54, 1.807) is 30.3 Å². The summed E-state index contributed by atoms with van der Waals surface area (Å²) in [5.74, 6) is -0.103. The molecule has 3 aromatic rings. The van der Waals surface area contributed by atoms with E-state index in [0.717, 1.165) is 5.56 Å². The molecule has 0 bridgehead atoms. The Bertz CT molecular complexity index is 1130. The molecule has 2 heterocycles. The first kappa shape index (κ1) is 19.8. The number of fused-ring (bicyclic) bond motifs is 1. The molecule has 0 spiro atoms. The monoisotopic (exact) mass is 408 g/mol. The SMILES string of the molecule is CC(C)c1nc2cc(NC(=O)C3=NN(Cc4ccc(F)cc4)C(=O)CC3)ccc2o1. The molecule has 0 saturated carbocycles. The number of carbonyl (C=O) groups excluding carboxylic acids is 2. The summed E-state index contributed by atoms with van der Waals surface area (Å²) in [5, 5.41) is 8.29. The van der Waals surface area contributed by atoms with Gasteiger partial charge in [-0.25, -0.2) is 14.4 Å². The second-order valence-electron chi connectivity index (χ2n) is 7.47. The number of aromatic nitrogens is 1. The molecule has 0 radical (unpaired) electrons. The number of hydrogen-bond donors (Lipinski definition) is 1. The van der Waals surface area contributed by atoms with Crippen LogP contribution in [-0.4, -0.2) is 27.5 Å². The van der Waals surface area contributed by atoms with E-state index in [9.17, 15) is 14.0 Å². The maximum atomic E-state index is 13.1. The third kappa shape index (κ3) is 4.22. The zero-order valence-electron chi connectivity index (χ0n) is 16.7. The van der Waals surface area contributed by atoms with Crippen molar-refractivity contribution in [2.45, 2.75) is 39.2 Å². The highest BCUT2D eigenvalue weighted by molar-refractivity contribution is 6.43. The van der Waals surface area contributed by atoms with Gasteiger partial charge in [0.1, 0.15) is 17.0 Å². The summed E-state index contributed by atoms with van der Waals surface area (Å²) in [7, 11) is 0. The van der Waals surface area contributed by atoms with E-state index in [4.69, 9.17) is 4.42 Å². The van der Waals surface area contributed by atoms with Gasteiger partial charge in [0.05, 0.1) is 6.54 Å². The number of hydrazone groups is 1. The predicted molar refractivity (Wildman–Crippen MR) is 110 cm³/mol. The summed E-state index contributed by atoms with van der Waals surface area (Å²) >= 11 is 0. The molecule has 4 rings (SSSR count). The number of hydrogen-bond acceptors (Lipinski definition) is 5. The number of carbonyl (C=O) groups is 2. The van der Waals surface area contributed by atoms with Crippen LogP contribution in [0.4, 0.5) is 10.1 Å². The molecule has 0 atom stereocenters. The van der Waals surface area contributed by atoms with Gasteiger partial charge in [-0.15, -0.1) is 0 Å². The molecular formula is C22H21FN4O3. The second-order valence-corrected chi connectivity index (χ2v) is 7.47. The minimum atomic E-state index is -0.376. The summed E-state index contributed by atoms with van der Waals surface area (Å²) in [6.45, 7) is 4.17. The zero-order chi connectivity index (χ0) is 21.3. The molecule has 154 valence electrons. The summed E-state index contributed by atoms with van der Waals surface area (Å²) in [5.41, 5.74) is 2.88. The van der Waals surface area contributed by atoms with Gasteiger partial charge in [0, 0.05) is 24.4 Å². The van der Waals surface area contributed by atoms with E-state index in [1.807, 2.05) is 13.8 Å². The molecule has 0 saturated heterocycles. The van der Waals surface area contributed by atoms with Crippen molar-refractivity contribution in [3.05, 3.63) is 59.7 Å². The lowest BCUT2D eigenvalue weighted by atomic mass is 10.1. The molecule has 0 unspecified atom stereocenters. The Morgan fingerprint density at radius 2 is 1.97 bits per heavy atom. The minimum Gasteiger partial charge on any atom is -0.440 e. The molecule has 7 nitrogen and oxygen atoms in total. The van der Waals surface area contributed by atoms with E-state index in [0.29, 0.717) is 22.7 Å². The summed E-state index contributed by atoms with van der Waals surface area (Å²) in [6, 6.07) is 11.1. The predicted octanol–water partition coefficient (Wildman–Crippen LogP) is 4.21. The molecule has 0 fully saturated rings. The molecule has 0 aliphatic carbocycles. The van der Waals surface area contributed by atoms with Crippen LogP contribution in [0.1, 0.15) is 44.1 Å². The first-order chi connectivity index (χ1) is 14.4. The highest BCUT2D eigenvalue weighted by Gasteiger charge is 2.25. The van der Waals surface area contributed by atoms with Gasteiger partial charge < -0.3 is 9.73 Å². The van der Waals surface area contributed by atoms with Gasteiger partial charge in [-0.05, 0) is 35.9 Å². The van der Waals surface area contributed by atoms with Gasteiger partial charge >= 0.3 is 0 Å². The normalized spacial score (nSPS) is 14.3. The van der Waals surface area contributed by atoms with Crippen molar-refractivity contribution in [1.29, 1.82) is 0 Å². The van der Waals surface area contributed by atoms with Crippen molar-refractivity contribution in [3.63, 3.8) is 0 Å². The highest BCUT2D eigenvalue weighted by atomic mass is 19.1. The Kier molecular flexibility index (Phi) is 5.31. The number of nitrogens with one attached hydrogen (secondary N) is 1. The fourth-order valence-corrected chi connectivity index (χ4v) is 3.12. The molecule has 8 heteroatoms. The lowest BCUT2D eigenvalue weighted by molar-refractivity contribution is -0.132. The van der Waals surface area contributed by atoms with E-state index < -0.39 is 0 Å². The number of halogens is 1. The summed E-state index contributed by atoms with van der Waals surface area (Å²) in [4.78, 5) is 29.3. The number of anilines is 1. The smallest absolute Gasteiger partial charge is 0.271 e. The fraction of sp³-hybridized carbons (Fsp3) is 0.273. The van der Waals surface area contributed by atoms with Gasteiger partial charge in [0.25, 0.3) is 5.91 Å². The van der Waals surface area contributed by atoms with Crippen molar-refractivity contribution in [2.24, 2.45) is 5.10 Å². The quantitative estimate of drug-likeness (QED) is 0.685. The lowest BCUT2D eigenvalue weighted by Gasteiger charge is -2.23. The Hall–Kier alpha value is -3.55. The van der Waals surface area contributed by atoms with Gasteiger partial charge in [-0.3, -0.25) is 9.59 Å². The van der Waals surface area contributed by atoms with Gasteiger partial charge in [-0.1, -0.05) is 26.0 Å². The molecule has 1 N–H and O–H groups in total. The molecule has 2 amide bonds. The van der Waals surface area contributed by atoms with Crippen LogP contribution >= 0.6 is 0 Å². The number of oxazole rings is 1. The molecular weight excluding hydrogens is 387 g/mol. The molecule has 1 aromatic heterocycles. The van der Waals surface area contributed by atoms with Crippen molar-refractivity contribution in [1.82, 2.24) is 9.99 Å². The highest BCUT2D eigenvalue weighted by Crippen LogP contribution is 2.24. The standard InChI is InChI=1S/C22H21FN4O3/c1-13(2)22-25-18-11-16(7-9-19(18)30-22)24-21(29)17-8-10-20(28)27(26-17)12-14-3-5-15(23)6-4-14/h3-7,9,11,13H,8,10,12H2,1-2H3,(H,24,29). The largest absolute Gasteiger partial charge is 0.440 e. The molecule has 1 aliphatic rings. The third-order valence-electron chi connectivity index (χ3n) is 4.77. The van der Waals surface area contributed by atoms with Crippen LogP contribution in [-0.2, 0) is 16.1 Å². The maximum Gasteiger partial charge on any atom is 0.271 e. The van der Waals surface area contributed by atoms with E-state index in [2.05, 4.69) is 15.4 Å². The Morgan fingerprint density at radius 3 is 2.70 bits per heavy atom. The Morgan fingerprint density at radius 1 is 1.20 bits per heavy atom. The average molecular weight is 408 g/mol. The summed E-state index contributed by atoms with van der Waals surface area (Å²) in [6.07, 6.45) is 0.446. The van der Waals surface area contributed by atoms with Crippen LogP contribution in [0, 0.1) is 5.82 Å². The number of rotatable bonds is 5. The van der Waals surface area contributed by atoms with Crippen LogP contribution < -0.4 is 5.32 Å². The van der Waals surface area contributed by atoms with Crippen LogP contribution in [0.5, 0.6) is 0 Å². The van der Waals surface area contributed by atoms with Crippen LogP contribution in [0.2, 0.25) is 0 Å². The van der Waals surface area contributed by atoms with Crippen molar-refractivity contribution >= 4 is 34.3 Å². The zero-order valence-corrected chi connectivity index (χ0v) is 16.7. The summed E-state index contributed by atoms with van der Waals surface area (Å²) < 4.78 is 18.8. The Balaban J connectivity index is 1.49. The van der Waals surface area contributed by atoms with E-state index in [1.165, 1.54) is 17.1 Å². The van der Waals surface area contributed by atoms with Crippen LogP contribution in [0.3, 0.4) is 0 Å². The van der Waals surface area contributed by atoms with E-state index in [-0.39, 0.29) is 48.6 Å². The van der Waals surface area contributed by atoms with Crippen molar-refractivity contribution in [3.8, 4) is 0 Å². The Labute approximate surface area is 172 Å². The first-order valence-electron chi connectivity index (χ1n) is 9.73. The molecule has 2 aromatic carbocycles. The molecule has 30 heavy (non-hydrogen) atoms. The average Bonchev–Trinajstić information content (AvgIpc) is 3.15. The third-order valence-corrected chi connectivity index (χ3v) is 4.77. The second kappa shape index (κ2) is 8.06.